The van der Waals surface area contributed by atoms with Gasteiger partial charge in [0.25, 0.3) is 0 Å². The van der Waals surface area contributed by atoms with Crippen LogP contribution in [0.4, 0.5) is 0 Å². The Morgan fingerprint density at radius 1 is 0.667 bits per heavy atom. The Balaban J connectivity index is 2.52. The van der Waals surface area contributed by atoms with Crippen molar-refractivity contribution >= 4 is 0 Å². The minimum Gasteiger partial charge on any atom is -0.497 e. The van der Waals surface area contributed by atoms with E-state index in [0.29, 0.717) is 35.5 Å². The normalized spacial score (nSPS) is 16.1. The first-order valence-corrected chi connectivity index (χ1v) is 8.19. The van der Waals surface area contributed by atoms with Crippen molar-refractivity contribution in [1.29, 1.82) is 0 Å². The van der Waals surface area contributed by atoms with Gasteiger partial charge < -0.3 is 19.7 Å². The molecule has 0 saturated heterocycles. The molecule has 0 heterocycles. The summed E-state index contributed by atoms with van der Waals surface area (Å²) in [5.41, 5.74) is -1.51. The molecule has 0 bridgehead atoms. The third-order valence-electron chi connectivity index (χ3n) is 4.84. The highest BCUT2D eigenvalue weighted by Gasteiger charge is 2.49. The molecule has 0 saturated carbocycles. The topological polar surface area (TPSA) is 58.9 Å². The van der Waals surface area contributed by atoms with Crippen LogP contribution in [-0.4, -0.2) is 24.4 Å². The molecule has 2 aromatic carbocycles. The van der Waals surface area contributed by atoms with Gasteiger partial charge in [0.1, 0.15) is 22.7 Å². The second-order valence-corrected chi connectivity index (χ2v) is 5.88. The zero-order valence-corrected chi connectivity index (χ0v) is 14.7. The van der Waals surface area contributed by atoms with Gasteiger partial charge in [-0.2, -0.15) is 0 Å². The molecule has 0 aliphatic rings. The molecule has 2 atom stereocenters. The third kappa shape index (κ3) is 2.99. The number of methoxy groups -OCH3 is 2. The number of rotatable bonds is 7. The van der Waals surface area contributed by atoms with E-state index in [1.165, 1.54) is 0 Å². The van der Waals surface area contributed by atoms with Gasteiger partial charge in [-0.25, -0.2) is 0 Å². The first kappa shape index (κ1) is 18.3. The van der Waals surface area contributed by atoms with E-state index < -0.39 is 11.2 Å². The van der Waals surface area contributed by atoms with E-state index in [-0.39, 0.29) is 0 Å². The number of benzene rings is 2. The molecule has 0 radical (unpaired) electrons. The summed E-state index contributed by atoms with van der Waals surface area (Å²) in [4.78, 5) is 0. The highest BCUT2D eigenvalue weighted by atomic mass is 16.5. The molecular weight excluding hydrogens is 304 g/mol. The fourth-order valence-electron chi connectivity index (χ4n) is 3.20. The fourth-order valence-corrected chi connectivity index (χ4v) is 3.20. The smallest absolute Gasteiger partial charge is 0.122 e. The lowest BCUT2D eigenvalue weighted by Gasteiger charge is -2.43. The van der Waals surface area contributed by atoms with Gasteiger partial charge in [0.15, 0.2) is 0 Å². The highest BCUT2D eigenvalue weighted by Crippen LogP contribution is 2.45. The molecule has 24 heavy (non-hydrogen) atoms. The minimum atomic E-state index is -1.41. The SMILES string of the molecule is CC[C@](O)(c1ccc(OC)cc1)[C@](O)(CC)c1ccc(OC)cc1. The molecule has 2 N–H and O–H groups in total. The molecule has 0 spiro atoms. The van der Waals surface area contributed by atoms with Crippen molar-refractivity contribution in [3.05, 3.63) is 59.7 Å². The van der Waals surface area contributed by atoms with Gasteiger partial charge >= 0.3 is 0 Å². The van der Waals surface area contributed by atoms with Gasteiger partial charge in [0, 0.05) is 0 Å². The second-order valence-electron chi connectivity index (χ2n) is 5.88. The Morgan fingerprint density at radius 3 is 1.17 bits per heavy atom. The molecule has 0 aliphatic heterocycles. The van der Waals surface area contributed by atoms with Crippen molar-refractivity contribution in [3.8, 4) is 11.5 Å². The van der Waals surface area contributed by atoms with E-state index in [1.54, 1.807) is 62.8 Å². The maximum atomic E-state index is 11.4. The van der Waals surface area contributed by atoms with E-state index >= 15 is 0 Å². The van der Waals surface area contributed by atoms with E-state index in [2.05, 4.69) is 0 Å². The standard InChI is InChI=1S/C20H26O4/c1-5-19(21,15-7-11-17(23-3)12-8-15)20(22,6-2)16-9-13-18(24-4)14-10-16/h7-14,21-22H,5-6H2,1-4H3/t19-,20-/m0/s1. The summed E-state index contributed by atoms with van der Waals surface area (Å²) in [6.07, 6.45) is 0.741. The summed E-state index contributed by atoms with van der Waals surface area (Å²) in [7, 11) is 3.20. The molecule has 2 rings (SSSR count). The zero-order valence-electron chi connectivity index (χ0n) is 14.7. The molecule has 4 nitrogen and oxygen atoms in total. The summed E-state index contributed by atoms with van der Waals surface area (Å²) in [6.45, 7) is 3.74. The lowest BCUT2D eigenvalue weighted by molar-refractivity contribution is -0.169. The van der Waals surface area contributed by atoms with Gasteiger partial charge in [-0.15, -0.1) is 0 Å². The zero-order chi connectivity index (χ0) is 17.8. The van der Waals surface area contributed by atoms with Crippen molar-refractivity contribution in [2.45, 2.75) is 37.9 Å². The highest BCUT2D eigenvalue weighted by molar-refractivity contribution is 5.38. The second kappa shape index (κ2) is 7.24. The van der Waals surface area contributed by atoms with E-state index in [9.17, 15) is 10.2 Å². The van der Waals surface area contributed by atoms with Gasteiger partial charge in [-0.05, 0) is 48.2 Å². The summed E-state index contributed by atoms with van der Waals surface area (Å²) in [6, 6.07) is 14.4. The predicted molar refractivity (Wildman–Crippen MR) is 94.4 cm³/mol. The fraction of sp³-hybridized carbons (Fsp3) is 0.400. The van der Waals surface area contributed by atoms with Crippen molar-refractivity contribution in [1.82, 2.24) is 0 Å². The number of hydrogen-bond acceptors (Lipinski definition) is 4. The predicted octanol–water partition coefficient (Wildman–Crippen LogP) is 3.60. The average Bonchev–Trinajstić information content (AvgIpc) is 2.66. The monoisotopic (exact) mass is 330 g/mol. The maximum absolute atomic E-state index is 11.4. The maximum Gasteiger partial charge on any atom is 0.122 e. The number of ether oxygens (including phenoxy) is 2. The summed E-state index contributed by atoms with van der Waals surface area (Å²) >= 11 is 0. The van der Waals surface area contributed by atoms with Gasteiger partial charge in [-0.3, -0.25) is 0 Å². The number of aliphatic hydroxyl groups is 2. The van der Waals surface area contributed by atoms with Crippen LogP contribution in [0.2, 0.25) is 0 Å². The van der Waals surface area contributed by atoms with Crippen LogP contribution in [0.5, 0.6) is 11.5 Å². The quantitative estimate of drug-likeness (QED) is 0.814. The Hall–Kier alpha value is -2.04. The Bertz CT molecular complexity index is 591. The summed E-state index contributed by atoms with van der Waals surface area (Å²) < 4.78 is 10.4. The largest absolute Gasteiger partial charge is 0.497 e. The van der Waals surface area contributed by atoms with Crippen LogP contribution in [0.3, 0.4) is 0 Å². The molecule has 2 aromatic rings. The average molecular weight is 330 g/mol. The van der Waals surface area contributed by atoms with Crippen LogP contribution in [0.15, 0.2) is 48.5 Å². The molecule has 0 aromatic heterocycles. The van der Waals surface area contributed by atoms with Crippen molar-refractivity contribution in [3.63, 3.8) is 0 Å². The molecule has 0 aliphatic carbocycles. The molecule has 0 fully saturated rings. The lowest BCUT2D eigenvalue weighted by atomic mass is 9.70. The van der Waals surface area contributed by atoms with Crippen LogP contribution in [0, 0.1) is 0 Å². The summed E-state index contributed by atoms with van der Waals surface area (Å²) in [5, 5.41) is 22.9. The molecule has 0 amide bonds. The van der Waals surface area contributed by atoms with E-state index in [1.807, 2.05) is 13.8 Å². The Morgan fingerprint density at radius 2 is 0.958 bits per heavy atom. The Kier molecular flexibility index (Phi) is 5.52. The molecule has 4 heteroatoms. The van der Waals surface area contributed by atoms with E-state index in [4.69, 9.17) is 9.47 Å². The van der Waals surface area contributed by atoms with Crippen LogP contribution in [0.25, 0.3) is 0 Å². The van der Waals surface area contributed by atoms with Gasteiger partial charge in [0.2, 0.25) is 0 Å². The molecule has 130 valence electrons. The van der Waals surface area contributed by atoms with Crippen LogP contribution >= 0.6 is 0 Å². The van der Waals surface area contributed by atoms with E-state index in [0.717, 1.165) is 0 Å². The minimum absolute atomic E-state index is 0.371. The van der Waals surface area contributed by atoms with Crippen LogP contribution in [0.1, 0.15) is 37.8 Å². The molecule has 0 unspecified atom stereocenters. The van der Waals surface area contributed by atoms with Crippen molar-refractivity contribution in [2.75, 3.05) is 14.2 Å². The van der Waals surface area contributed by atoms with Crippen molar-refractivity contribution < 1.29 is 19.7 Å². The third-order valence-corrected chi connectivity index (χ3v) is 4.84. The molecular formula is C20H26O4. The van der Waals surface area contributed by atoms with Gasteiger partial charge in [-0.1, -0.05) is 38.1 Å². The van der Waals surface area contributed by atoms with Crippen LogP contribution < -0.4 is 9.47 Å². The Labute approximate surface area is 143 Å². The van der Waals surface area contributed by atoms with Crippen LogP contribution in [-0.2, 0) is 11.2 Å². The summed E-state index contributed by atoms with van der Waals surface area (Å²) in [5.74, 6) is 1.42. The van der Waals surface area contributed by atoms with Crippen molar-refractivity contribution in [2.24, 2.45) is 0 Å². The lowest BCUT2D eigenvalue weighted by Crippen LogP contribution is -2.48. The first-order valence-electron chi connectivity index (χ1n) is 8.19. The first-order chi connectivity index (χ1) is 11.4. The van der Waals surface area contributed by atoms with Gasteiger partial charge in [0.05, 0.1) is 14.2 Å². The number of hydrogen-bond donors (Lipinski definition) is 2.